The summed E-state index contributed by atoms with van der Waals surface area (Å²) in [6.07, 6.45) is 1.37. The van der Waals surface area contributed by atoms with Crippen molar-refractivity contribution in [1.82, 2.24) is 10.2 Å². The minimum Gasteiger partial charge on any atom is -0.316 e. The van der Waals surface area contributed by atoms with E-state index in [1.807, 2.05) is 0 Å². The van der Waals surface area contributed by atoms with Gasteiger partial charge in [-0.3, -0.25) is 0 Å². The van der Waals surface area contributed by atoms with Gasteiger partial charge in [-0.2, -0.15) is 11.8 Å². The van der Waals surface area contributed by atoms with Gasteiger partial charge in [0.15, 0.2) is 0 Å². The number of nitrogens with zero attached hydrogens (tertiary/aromatic N) is 1. The molecular formula is C12H24N2S. The van der Waals surface area contributed by atoms with Crippen molar-refractivity contribution in [3.05, 3.63) is 0 Å². The van der Waals surface area contributed by atoms with E-state index in [0.29, 0.717) is 5.41 Å². The molecule has 88 valence electrons. The molecule has 0 aliphatic carbocycles. The van der Waals surface area contributed by atoms with Crippen molar-refractivity contribution in [3.63, 3.8) is 0 Å². The van der Waals surface area contributed by atoms with Crippen LogP contribution in [0.3, 0.4) is 0 Å². The van der Waals surface area contributed by atoms with Crippen LogP contribution in [0.1, 0.15) is 20.3 Å². The van der Waals surface area contributed by atoms with Crippen LogP contribution in [0.15, 0.2) is 0 Å². The van der Waals surface area contributed by atoms with Crippen molar-refractivity contribution >= 4 is 11.8 Å². The predicted molar refractivity (Wildman–Crippen MR) is 68.5 cm³/mol. The minimum absolute atomic E-state index is 0.558. The fourth-order valence-electron chi connectivity index (χ4n) is 2.78. The summed E-state index contributed by atoms with van der Waals surface area (Å²) in [5.74, 6) is 3.48. The number of nitrogens with one attached hydrogen (secondary N) is 1. The molecule has 3 heteroatoms. The highest BCUT2D eigenvalue weighted by atomic mass is 32.2. The lowest BCUT2D eigenvalue weighted by Crippen LogP contribution is -2.45. The van der Waals surface area contributed by atoms with Crippen LogP contribution in [-0.4, -0.2) is 49.1 Å². The molecule has 15 heavy (non-hydrogen) atoms. The Morgan fingerprint density at radius 2 is 2.07 bits per heavy atom. The van der Waals surface area contributed by atoms with Gasteiger partial charge in [0.1, 0.15) is 0 Å². The van der Waals surface area contributed by atoms with Gasteiger partial charge in [0, 0.05) is 37.7 Å². The van der Waals surface area contributed by atoms with Crippen LogP contribution in [0.5, 0.6) is 0 Å². The molecule has 2 rings (SSSR count). The van der Waals surface area contributed by atoms with Crippen molar-refractivity contribution in [2.45, 2.75) is 20.3 Å². The van der Waals surface area contributed by atoms with Crippen LogP contribution in [0.25, 0.3) is 0 Å². The molecule has 0 aromatic rings. The Morgan fingerprint density at radius 1 is 1.33 bits per heavy atom. The van der Waals surface area contributed by atoms with Crippen LogP contribution in [0, 0.1) is 11.3 Å². The highest BCUT2D eigenvalue weighted by Crippen LogP contribution is 2.35. The molecule has 0 bridgehead atoms. The molecule has 0 aromatic carbocycles. The quantitative estimate of drug-likeness (QED) is 0.791. The van der Waals surface area contributed by atoms with Crippen molar-refractivity contribution in [2.24, 2.45) is 11.3 Å². The Hall–Kier alpha value is 0.270. The van der Waals surface area contributed by atoms with E-state index in [9.17, 15) is 0 Å². The molecule has 0 aromatic heterocycles. The lowest BCUT2D eigenvalue weighted by molar-refractivity contribution is 0.125. The van der Waals surface area contributed by atoms with Gasteiger partial charge in [-0.1, -0.05) is 13.8 Å². The standard InChI is InChI=1S/C12H24N2S/c1-11(2)12(3-4-13-9-12)10-14-5-7-15-8-6-14/h11,13H,3-10H2,1-2H3. The summed E-state index contributed by atoms with van der Waals surface area (Å²) in [5, 5.41) is 3.55. The number of hydrogen-bond acceptors (Lipinski definition) is 3. The maximum atomic E-state index is 3.55. The van der Waals surface area contributed by atoms with Crippen molar-refractivity contribution in [1.29, 1.82) is 0 Å². The Balaban J connectivity index is 1.93. The fourth-order valence-corrected chi connectivity index (χ4v) is 3.76. The minimum atomic E-state index is 0.558. The van der Waals surface area contributed by atoms with Gasteiger partial charge in [-0.05, 0) is 24.3 Å². The third kappa shape index (κ3) is 2.69. The van der Waals surface area contributed by atoms with Crippen molar-refractivity contribution in [2.75, 3.05) is 44.2 Å². The Labute approximate surface area is 98.2 Å². The van der Waals surface area contributed by atoms with E-state index in [2.05, 4.69) is 35.8 Å². The van der Waals surface area contributed by atoms with Gasteiger partial charge in [0.25, 0.3) is 0 Å². The summed E-state index contributed by atoms with van der Waals surface area (Å²) in [4.78, 5) is 2.68. The van der Waals surface area contributed by atoms with E-state index in [1.165, 1.54) is 50.7 Å². The van der Waals surface area contributed by atoms with Crippen LogP contribution in [0.4, 0.5) is 0 Å². The van der Waals surface area contributed by atoms with Gasteiger partial charge >= 0.3 is 0 Å². The number of rotatable bonds is 3. The Kier molecular flexibility index (Phi) is 3.97. The average Bonchev–Trinajstić information content (AvgIpc) is 2.69. The average molecular weight is 228 g/mol. The zero-order chi connectivity index (χ0) is 10.7. The van der Waals surface area contributed by atoms with Gasteiger partial charge in [0.05, 0.1) is 0 Å². The molecule has 1 N–H and O–H groups in total. The maximum absolute atomic E-state index is 3.55. The van der Waals surface area contributed by atoms with E-state index in [4.69, 9.17) is 0 Å². The highest BCUT2D eigenvalue weighted by Gasteiger charge is 2.38. The molecular weight excluding hydrogens is 204 g/mol. The zero-order valence-corrected chi connectivity index (χ0v) is 10.9. The number of hydrogen-bond donors (Lipinski definition) is 1. The van der Waals surface area contributed by atoms with E-state index in [1.54, 1.807) is 0 Å². The monoisotopic (exact) mass is 228 g/mol. The third-order valence-electron chi connectivity index (χ3n) is 4.14. The SMILES string of the molecule is CC(C)C1(CN2CCSCC2)CCNC1. The fraction of sp³-hybridized carbons (Fsp3) is 1.00. The third-order valence-corrected chi connectivity index (χ3v) is 5.09. The summed E-state index contributed by atoms with van der Waals surface area (Å²) >= 11 is 2.11. The molecule has 0 amide bonds. The van der Waals surface area contributed by atoms with E-state index in [-0.39, 0.29) is 0 Å². The largest absolute Gasteiger partial charge is 0.316 e. The predicted octanol–water partition coefficient (Wildman–Crippen LogP) is 1.67. The second-order valence-electron chi connectivity index (χ2n) is 5.33. The summed E-state index contributed by atoms with van der Waals surface area (Å²) in [5.41, 5.74) is 0.558. The normalized spacial score (nSPS) is 33.8. The number of thioether (sulfide) groups is 1. The molecule has 0 radical (unpaired) electrons. The Bertz CT molecular complexity index is 194. The first-order chi connectivity index (χ1) is 7.23. The van der Waals surface area contributed by atoms with Gasteiger partial charge in [-0.15, -0.1) is 0 Å². The first-order valence-electron chi connectivity index (χ1n) is 6.24. The smallest absolute Gasteiger partial charge is 0.00729 e. The van der Waals surface area contributed by atoms with Crippen molar-refractivity contribution < 1.29 is 0 Å². The van der Waals surface area contributed by atoms with Gasteiger partial charge in [-0.25, -0.2) is 0 Å². The maximum Gasteiger partial charge on any atom is 0.00729 e. The summed E-state index contributed by atoms with van der Waals surface area (Å²) in [6, 6.07) is 0. The topological polar surface area (TPSA) is 15.3 Å². The van der Waals surface area contributed by atoms with E-state index >= 15 is 0 Å². The van der Waals surface area contributed by atoms with Gasteiger partial charge < -0.3 is 10.2 Å². The molecule has 1 atom stereocenters. The highest BCUT2D eigenvalue weighted by molar-refractivity contribution is 7.99. The second kappa shape index (κ2) is 5.07. The molecule has 0 saturated carbocycles. The molecule has 2 saturated heterocycles. The summed E-state index contributed by atoms with van der Waals surface area (Å²) < 4.78 is 0. The molecule has 2 heterocycles. The molecule has 2 aliphatic rings. The van der Waals surface area contributed by atoms with Gasteiger partial charge in [0.2, 0.25) is 0 Å². The van der Waals surface area contributed by atoms with Crippen LogP contribution in [-0.2, 0) is 0 Å². The molecule has 2 aliphatic heterocycles. The molecule has 0 spiro atoms. The first kappa shape index (κ1) is 11.7. The van der Waals surface area contributed by atoms with Crippen LogP contribution in [0.2, 0.25) is 0 Å². The van der Waals surface area contributed by atoms with Crippen molar-refractivity contribution in [3.8, 4) is 0 Å². The van der Waals surface area contributed by atoms with E-state index in [0.717, 1.165) is 5.92 Å². The van der Waals surface area contributed by atoms with Crippen LogP contribution >= 0.6 is 11.8 Å². The molecule has 2 fully saturated rings. The summed E-state index contributed by atoms with van der Waals surface area (Å²) in [6.45, 7) is 11.2. The van der Waals surface area contributed by atoms with E-state index < -0.39 is 0 Å². The second-order valence-corrected chi connectivity index (χ2v) is 6.56. The van der Waals surface area contributed by atoms with Crippen LogP contribution < -0.4 is 5.32 Å². The molecule has 2 nitrogen and oxygen atoms in total. The first-order valence-corrected chi connectivity index (χ1v) is 7.39. The molecule has 1 unspecified atom stereocenters. The zero-order valence-electron chi connectivity index (χ0n) is 10.1. The lowest BCUT2D eigenvalue weighted by Gasteiger charge is -2.39. The lowest BCUT2D eigenvalue weighted by atomic mass is 9.76. The summed E-state index contributed by atoms with van der Waals surface area (Å²) in [7, 11) is 0. The Morgan fingerprint density at radius 3 is 2.60 bits per heavy atom.